The Labute approximate surface area is 134 Å². The average Bonchev–Trinajstić information content (AvgIpc) is 2.79. The van der Waals surface area contributed by atoms with Crippen LogP contribution >= 0.6 is 11.3 Å². The Bertz CT molecular complexity index is 632. The molecule has 22 heavy (non-hydrogen) atoms. The monoisotopic (exact) mass is 319 g/mol. The highest BCUT2D eigenvalue weighted by molar-refractivity contribution is 7.11. The van der Waals surface area contributed by atoms with Crippen LogP contribution in [0.15, 0.2) is 24.3 Å². The Morgan fingerprint density at radius 2 is 2.00 bits per heavy atom. The number of aryl methyl sites for hydroxylation is 1. The molecule has 2 rings (SSSR count). The first-order valence-corrected chi connectivity index (χ1v) is 8.17. The molecule has 0 saturated carbocycles. The van der Waals surface area contributed by atoms with Crippen LogP contribution in [0.5, 0.6) is 5.75 Å². The number of thiazole rings is 1. The molecule has 0 bridgehead atoms. The third-order valence-corrected chi connectivity index (χ3v) is 4.60. The fourth-order valence-corrected chi connectivity index (χ4v) is 3.14. The Morgan fingerprint density at radius 3 is 2.59 bits per heavy atom. The smallest absolute Gasteiger partial charge is 0.308 e. The molecule has 0 spiro atoms. The zero-order valence-electron chi connectivity index (χ0n) is 13.1. The van der Waals surface area contributed by atoms with E-state index in [1.807, 2.05) is 19.1 Å². The summed E-state index contributed by atoms with van der Waals surface area (Å²) in [7, 11) is 0. The van der Waals surface area contributed by atoms with E-state index in [1.165, 1.54) is 16.9 Å². The second kappa shape index (κ2) is 7.40. The van der Waals surface area contributed by atoms with Gasteiger partial charge in [-0.2, -0.15) is 0 Å². The number of benzene rings is 1. The van der Waals surface area contributed by atoms with E-state index in [1.54, 1.807) is 0 Å². The van der Waals surface area contributed by atoms with Crippen molar-refractivity contribution in [3.63, 3.8) is 0 Å². The average molecular weight is 319 g/mol. The van der Waals surface area contributed by atoms with Crippen LogP contribution in [0.25, 0.3) is 0 Å². The zero-order chi connectivity index (χ0) is 16.1. The minimum Gasteiger partial charge on any atom is -0.493 e. The van der Waals surface area contributed by atoms with Crippen LogP contribution in [0.2, 0.25) is 0 Å². The normalized spacial score (nSPS) is 10.9. The Morgan fingerprint density at radius 1 is 1.32 bits per heavy atom. The highest BCUT2D eigenvalue weighted by Gasteiger charge is 2.11. The van der Waals surface area contributed by atoms with Crippen molar-refractivity contribution < 1.29 is 14.6 Å². The number of carboxylic acid groups (broad SMARTS) is 1. The van der Waals surface area contributed by atoms with Gasteiger partial charge in [0.15, 0.2) is 0 Å². The molecule has 0 unspecified atom stereocenters. The molecule has 0 aliphatic carbocycles. The molecule has 5 heteroatoms. The van der Waals surface area contributed by atoms with E-state index >= 15 is 0 Å². The predicted molar refractivity (Wildman–Crippen MR) is 87.9 cm³/mol. The fraction of sp³-hybridized carbons (Fsp3) is 0.412. The minimum atomic E-state index is -0.820. The number of carboxylic acids is 1. The Hall–Kier alpha value is -1.88. The van der Waals surface area contributed by atoms with Crippen molar-refractivity contribution in [3.05, 3.63) is 45.4 Å². The third kappa shape index (κ3) is 4.56. The van der Waals surface area contributed by atoms with Gasteiger partial charge in [-0.05, 0) is 30.5 Å². The number of aromatic nitrogens is 1. The number of nitrogens with zero attached hydrogens (tertiary/aromatic N) is 1. The summed E-state index contributed by atoms with van der Waals surface area (Å²) in [5.41, 5.74) is 2.10. The molecule has 2 aromatic rings. The van der Waals surface area contributed by atoms with Crippen LogP contribution < -0.4 is 4.74 Å². The summed E-state index contributed by atoms with van der Waals surface area (Å²) in [6.45, 7) is 6.72. The first kappa shape index (κ1) is 16.5. The van der Waals surface area contributed by atoms with Gasteiger partial charge in [0, 0.05) is 11.3 Å². The molecule has 1 heterocycles. The molecule has 0 fully saturated rings. The first-order valence-electron chi connectivity index (χ1n) is 7.35. The quantitative estimate of drug-likeness (QED) is 0.842. The number of rotatable bonds is 7. The van der Waals surface area contributed by atoms with Gasteiger partial charge in [0.2, 0.25) is 0 Å². The van der Waals surface area contributed by atoms with Crippen molar-refractivity contribution in [2.45, 2.75) is 39.5 Å². The van der Waals surface area contributed by atoms with Gasteiger partial charge in [-0.3, -0.25) is 4.79 Å². The Balaban J connectivity index is 1.87. The van der Waals surface area contributed by atoms with Crippen molar-refractivity contribution in [2.24, 2.45) is 0 Å². The molecule has 118 valence electrons. The molecule has 4 nitrogen and oxygen atoms in total. The maximum atomic E-state index is 10.8. The van der Waals surface area contributed by atoms with Gasteiger partial charge in [0.05, 0.1) is 23.7 Å². The summed E-state index contributed by atoms with van der Waals surface area (Å²) in [5.74, 6) is 0.545. The van der Waals surface area contributed by atoms with Crippen LogP contribution in [-0.4, -0.2) is 22.7 Å². The van der Waals surface area contributed by atoms with Gasteiger partial charge in [0.25, 0.3) is 0 Å². The van der Waals surface area contributed by atoms with E-state index in [4.69, 9.17) is 9.84 Å². The molecule has 0 radical (unpaired) electrons. The maximum Gasteiger partial charge on any atom is 0.308 e. The van der Waals surface area contributed by atoms with Crippen LogP contribution in [0, 0.1) is 6.92 Å². The lowest BCUT2D eigenvalue weighted by molar-refractivity contribution is -0.136. The molecule has 0 aliphatic heterocycles. The summed E-state index contributed by atoms with van der Waals surface area (Å²) in [4.78, 5) is 16.0. The molecule has 1 N–H and O–H groups in total. The Kier molecular flexibility index (Phi) is 5.55. The van der Waals surface area contributed by atoms with Crippen molar-refractivity contribution in [3.8, 4) is 5.75 Å². The van der Waals surface area contributed by atoms with Crippen LogP contribution in [0.4, 0.5) is 0 Å². The van der Waals surface area contributed by atoms with Crippen molar-refractivity contribution in [1.82, 2.24) is 4.98 Å². The first-order chi connectivity index (χ1) is 10.5. The zero-order valence-corrected chi connectivity index (χ0v) is 13.9. The molecule has 1 aromatic heterocycles. The van der Waals surface area contributed by atoms with E-state index in [-0.39, 0.29) is 6.42 Å². The van der Waals surface area contributed by atoms with Gasteiger partial charge in [-0.25, -0.2) is 4.98 Å². The second-order valence-corrected chi connectivity index (χ2v) is 6.68. The summed E-state index contributed by atoms with van der Waals surface area (Å²) in [6.07, 6.45) is 0.734. The molecule has 0 saturated heterocycles. The van der Waals surface area contributed by atoms with Crippen LogP contribution in [-0.2, 0) is 17.6 Å². The number of hydrogen-bond donors (Lipinski definition) is 1. The molecule has 0 amide bonds. The van der Waals surface area contributed by atoms with Gasteiger partial charge in [-0.1, -0.05) is 26.0 Å². The lowest BCUT2D eigenvalue weighted by Gasteiger charge is -2.08. The maximum absolute atomic E-state index is 10.8. The van der Waals surface area contributed by atoms with Gasteiger partial charge < -0.3 is 9.84 Å². The minimum absolute atomic E-state index is 0.0427. The highest BCUT2D eigenvalue weighted by Crippen LogP contribution is 2.21. The fourth-order valence-electron chi connectivity index (χ4n) is 2.10. The van der Waals surface area contributed by atoms with E-state index in [0.717, 1.165) is 21.3 Å². The van der Waals surface area contributed by atoms with Gasteiger partial charge in [0.1, 0.15) is 5.75 Å². The largest absolute Gasteiger partial charge is 0.493 e. The second-order valence-electron chi connectivity index (χ2n) is 5.51. The van der Waals surface area contributed by atoms with Crippen molar-refractivity contribution in [2.75, 3.05) is 6.61 Å². The van der Waals surface area contributed by atoms with Crippen molar-refractivity contribution in [1.29, 1.82) is 0 Å². The van der Waals surface area contributed by atoms with E-state index in [9.17, 15) is 4.79 Å². The summed E-state index contributed by atoms with van der Waals surface area (Å²) < 4.78 is 5.73. The topological polar surface area (TPSA) is 59.4 Å². The summed E-state index contributed by atoms with van der Waals surface area (Å²) >= 11 is 1.46. The number of hydrogen-bond acceptors (Lipinski definition) is 4. The van der Waals surface area contributed by atoms with Crippen LogP contribution in [0.3, 0.4) is 0 Å². The lowest BCUT2D eigenvalue weighted by atomic mass is 10.0. The summed E-state index contributed by atoms with van der Waals surface area (Å²) in [6, 6.07) is 8.13. The third-order valence-electron chi connectivity index (χ3n) is 3.38. The number of aliphatic carboxylic acids is 1. The number of ether oxygens (including phenoxy) is 1. The lowest BCUT2D eigenvalue weighted by Crippen LogP contribution is -2.01. The predicted octanol–water partition coefficient (Wildman–Crippen LogP) is 3.82. The molecular formula is C17H21NO3S. The van der Waals surface area contributed by atoms with E-state index in [2.05, 4.69) is 31.0 Å². The molecule has 0 aliphatic rings. The molecular weight excluding hydrogens is 298 g/mol. The van der Waals surface area contributed by atoms with Gasteiger partial charge in [-0.15, -0.1) is 11.3 Å². The molecule has 0 atom stereocenters. The highest BCUT2D eigenvalue weighted by atomic mass is 32.1. The van der Waals surface area contributed by atoms with E-state index < -0.39 is 5.97 Å². The SMILES string of the molecule is Cc1nc(CCOc2ccc(C(C)C)cc2)sc1CC(=O)O. The number of carbonyl (C=O) groups is 1. The van der Waals surface area contributed by atoms with E-state index in [0.29, 0.717) is 18.9 Å². The van der Waals surface area contributed by atoms with Gasteiger partial charge >= 0.3 is 5.97 Å². The molecule has 1 aromatic carbocycles. The van der Waals surface area contributed by atoms with Crippen molar-refractivity contribution >= 4 is 17.3 Å². The van der Waals surface area contributed by atoms with Crippen LogP contribution in [0.1, 0.15) is 40.9 Å². The summed E-state index contributed by atoms with van der Waals surface area (Å²) in [5, 5.41) is 9.76. The standard InChI is InChI=1S/C17H21NO3S/c1-11(2)13-4-6-14(7-5-13)21-9-8-16-18-12(3)15(22-16)10-17(19)20/h4-7,11H,8-10H2,1-3H3,(H,19,20).